The molecule has 166 valence electrons. The maximum absolute atomic E-state index is 12.5. The summed E-state index contributed by atoms with van der Waals surface area (Å²) in [6.07, 6.45) is 1.84. The maximum Gasteiger partial charge on any atom is 0.414 e. The number of nitrogens with one attached hydrogen (secondary N) is 1. The SMILES string of the molecule is CC(NC(=O)C1CCN(Cc2ccc(Cl)cc2)CC1)c1ccccc1.O=C(O)C(=O)O. The van der Waals surface area contributed by atoms with Gasteiger partial charge in [-0.05, 0) is 56.1 Å². The van der Waals surface area contributed by atoms with E-state index in [4.69, 9.17) is 31.4 Å². The first-order valence-corrected chi connectivity index (χ1v) is 10.4. The molecule has 1 atom stereocenters. The van der Waals surface area contributed by atoms with Gasteiger partial charge in [0.15, 0.2) is 0 Å². The molecule has 0 saturated carbocycles. The summed E-state index contributed by atoms with van der Waals surface area (Å²) in [5.41, 5.74) is 2.42. The molecule has 2 aromatic carbocycles. The van der Waals surface area contributed by atoms with E-state index < -0.39 is 11.9 Å². The van der Waals surface area contributed by atoms with E-state index in [1.165, 1.54) is 5.56 Å². The molecule has 8 heteroatoms. The first-order chi connectivity index (χ1) is 14.8. The summed E-state index contributed by atoms with van der Waals surface area (Å²) in [7, 11) is 0. The van der Waals surface area contributed by atoms with Gasteiger partial charge in [-0.25, -0.2) is 9.59 Å². The Hall–Kier alpha value is -2.90. The highest BCUT2D eigenvalue weighted by molar-refractivity contribution is 6.30. The standard InChI is InChI=1S/C21H25ClN2O.C2H2O4/c1-16(18-5-3-2-4-6-18)23-21(25)19-11-13-24(14-12-19)15-17-7-9-20(22)10-8-17;3-1(4)2(5)6/h2-10,16,19H,11-15H2,1H3,(H,23,25);(H,3,4)(H,5,6). The van der Waals surface area contributed by atoms with Crippen LogP contribution in [0, 0.1) is 5.92 Å². The van der Waals surface area contributed by atoms with E-state index in [9.17, 15) is 4.79 Å². The van der Waals surface area contributed by atoms with Gasteiger partial charge in [0.05, 0.1) is 6.04 Å². The smallest absolute Gasteiger partial charge is 0.414 e. The van der Waals surface area contributed by atoms with Crippen molar-refractivity contribution in [3.8, 4) is 0 Å². The van der Waals surface area contributed by atoms with Crippen molar-refractivity contribution in [3.63, 3.8) is 0 Å². The van der Waals surface area contributed by atoms with Gasteiger partial charge in [-0.15, -0.1) is 0 Å². The zero-order chi connectivity index (χ0) is 22.8. The number of carboxylic acids is 2. The first-order valence-electron chi connectivity index (χ1n) is 10.0. The van der Waals surface area contributed by atoms with Gasteiger partial charge < -0.3 is 15.5 Å². The number of nitrogens with zero attached hydrogens (tertiary/aromatic N) is 1. The molecule has 3 N–H and O–H groups in total. The lowest BCUT2D eigenvalue weighted by Gasteiger charge is -2.32. The van der Waals surface area contributed by atoms with Crippen molar-refractivity contribution >= 4 is 29.4 Å². The van der Waals surface area contributed by atoms with Gasteiger partial charge in [0.1, 0.15) is 0 Å². The van der Waals surface area contributed by atoms with Crippen molar-refractivity contribution in [1.29, 1.82) is 0 Å². The molecule has 1 unspecified atom stereocenters. The summed E-state index contributed by atoms with van der Waals surface area (Å²) in [5, 5.41) is 18.7. The van der Waals surface area contributed by atoms with E-state index in [1.54, 1.807) is 0 Å². The normalized spacial score (nSPS) is 15.3. The van der Waals surface area contributed by atoms with E-state index in [1.807, 2.05) is 37.3 Å². The van der Waals surface area contributed by atoms with E-state index in [0.717, 1.165) is 43.1 Å². The van der Waals surface area contributed by atoms with Crippen molar-refractivity contribution in [2.75, 3.05) is 13.1 Å². The largest absolute Gasteiger partial charge is 0.473 e. The van der Waals surface area contributed by atoms with Crippen LogP contribution >= 0.6 is 11.6 Å². The molecule has 1 aliphatic rings. The number of aliphatic carboxylic acids is 2. The predicted octanol–water partition coefficient (Wildman–Crippen LogP) is 3.59. The van der Waals surface area contributed by atoms with Crippen LogP contribution < -0.4 is 5.32 Å². The molecule has 0 bridgehead atoms. The molecular weight excluding hydrogens is 420 g/mol. The molecule has 0 radical (unpaired) electrons. The molecule has 1 heterocycles. The van der Waals surface area contributed by atoms with Crippen molar-refractivity contribution < 1.29 is 24.6 Å². The van der Waals surface area contributed by atoms with Crippen molar-refractivity contribution in [2.24, 2.45) is 5.92 Å². The highest BCUT2D eigenvalue weighted by Crippen LogP contribution is 2.21. The number of carboxylic acid groups (broad SMARTS) is 2. The summed E-state index contributed by atoms with van der Waals surface area (Å²) in [6.45, 7) is 4.88. The van der Waals surface area contributed by atoms with E-state index in [-0.39, 0.29) is 17.9 Å². The zero-order valence-electron chi connectivity index (χ0n) is 17.3. The minimum absolute atomic E-state index is 0.0563. The van der Waals surface area contributed by atoms with Gasteiger partial charge >= 0.3 is 11.9 Å². The topological polar surface area (TPSA) is 107 Å². The second-order valence-corrected chi connectivity index (χ2v) is 7.86. The molecular formula is C23H27ClN2O5. The van der Waals surface area contributed by atoms with Gasteiger partial charge in [0, 0.05) is 17.5 Å². The fourth-order valence-electron chi connectivity index (χ4n) is 3.36. The van der Waals surface area contributed by atoms with E-state index in [2.05, 4.69) is 34.5 Å². The molecule has 2 aromatic rings. The molecule has 7 nitrogen and oxygen atoms in total. The molecule has 0 aliphatic carbocycles. The fraction of sp³-hybridized carbons (Fsp3) is 0.348. The van der Waals surface area contributed by atoms with Crippen LogP contribution in [-0.2, 0) is 20.9 Å². The fourth-order valence-corrected chi connectivity index (χ4v) is 3.48. The Morgan fingerprint density at radius 1 is 1.00 bits per heavy atom. The quantitative estimate of drug-likeness (QED) is 0.606. The van der Waals surface area contributed by atoms with Crippen molar-refractivity contribution in [1.82, 2.24) is 10.2 Å². The lowest BCUT2D eigenvalue weighted by Crippen LogP contribution is -2.40. The van der Waals surface area contributed by atoms with Crippen LogP contribution in [0.15, 0.2) is 54.6 Å². The van der Waals surface area contributed by atoms with Gasteiger partial charge in [0.25, 0.3) is 0 Å². The second-order valence-electron chi connectivity index (χ2n) is 7.43. The highest BCUT2D eigenvalue weighted by Gasteiger charge is 2.25. The van der Waals surface area contributed by atoms with Crippen LogP contribution in [0.2, 0.25) is 5.02 Å². The number of amides is 1. The van der Waals surface area contributed by atoms with E-state index in [0.29, 0.717) is 0 Å². The minimum Gasteiger partial charge on any atom is -0.473 e. The van der Waals surface area contributed by atoms with E-state index >= 15 is 0 Å². The summed E-state index contributed by atoms with van der Waals surface area (Å²) < 4.78 is 0. The second kappa shape index (κ2) is 12.1. The third-order valence-corrected chi connectivity index (χ3v) is 5.37. The van der Waals surface area contributed by atoms with Crippen molar-refractivity contribution in [3.05, 3.63) is 70.7 Å². The van der Waals surface area contributed by atoms with Crippen LogP contribution in [0.4, 0.5) is 0 Å². The Morgan fingerprint density at radius 2 is 1.55 bits per heavy atom. The molecule has 1 saturated heterocycles. The Bertz CT molecular complexity index is 853. The van der Waals surface area contributed by atoms with Crippen molar-refractivity contribution in [2.45, 2.75) is 32.4 Å². The Kier molecular flexibility index (Phi) is 9.49. The highest BCUT2D eigenvalue weighted by atomic mass is 35.5. The molecule has 1 aliphatic heterocycles. The Labute approximate surface area is 186 Å². The number of piperidine rings is 1. The van der Waals surface area contributed by atoms with Gasteiger partial charge in [0.2, 0.25) is 5.91 Å². The molecule has 0 spiro atoms. The molecule has 1 amide bonds. The predicted molar refractivity (Wildman–Crippen MR) is 118 cm³/mol. The molecule has 3 rings (SSSR count). The summed E-state index contributed by atoms with van der Waals surface area (Å²) in [6, 6.07) is 18.2. The van der Waals surface area contributed by atoms with Crippen LogP contribution in [0.25, 0.3) is 0 Å². The molecule has 31 heavy (non-hydrogen) atoms. The number of likely N-dealkylation sites (tertiary alicyclic amines) is 1. The lowest BCUT2D eigenvalue weighted by molar-refractivity contribution is -0.159. The third-order valence-electron chi connectivity index (χ3n) is 5.12. The number of carbonyl (C=O) groups excluding carboxylic acids is 1. The number of benzene rings is 2. The number of rotatable bonds is 5. The Balaban J connectivity index is 0.000000501. The number of hydrogen-bond donors (Lipinski definition) is 3. The monoisotopic (exact) mass is 446 g/mol. The average Bonchev–Trinajstić information content (AvgIpc) is 2.76. The lowest BCUT2D eigenvalue weighted by atomic mass is 9.95. The Morgan fingerprint density at radius 3 is 2.06 bits per heavy atom. The molecule has 0 aromatic heterocycles. The summed E-state index contributed by atoms with van der Waals surface area (Å²) in [4.78, 5) is 33.1. The average molecular weight is 447 g/mol. The number of hydrogen-bond acceptors (Lipinski definition) is 4. The maximum atomic E-state index is 12.5. The minimum atomic E-state index is -1.82. The van der Waals surface area contributed by atoms with Crippen LogP contribution in [0.5, 0.6) is 0 Å². The van der Waals surface area contributed by atoms with Gasteiger partial charge in [-0.1, -0.05) is 54.1 Å². The summed E-state index contributed by atoms with van der Waals surface area (Å²) >= 11 is 5.94. The van der Waals surface area contributed by atoms with Gasteiger partial charge in [-0.3, -0.25) is 9.69 Å². The van der Waals surface area contributed by atoms with Crippen LogP contribution in [0.3, 0.4) is 0 Å². The summed E-state index contributed by atoms with van der Waals surface area (Å²) in [5.74, 6) is -3.35. The van der Waals surface area contributed by atoms with Crippen LogP contribution in [-0.4, -0.2) is 46.0 Å². The number of halogens is 1. The first kappa shape index (κ1) is 24.4. The number of carbonyl (C=O) groups is 3. The third kappa shape index (κ3) is 8.39. The van der Waals surface area contributed by atoms with Gasteiger partial charge in [-0.2, -0.15) is 0 Å². The zero-order valence-corrected chi connectivity index (χ0v) is 18.1. The van der Waals surface area contributed by atoms with Crippen LogP contribution in [0.1, 0.15) is 36.9 Å². The molecule has 1 fully saturated rings.